The lowest BCUT2D eigenvalue weighted by Crippen LogP contribution is -2.14. The van der Waals surface area contributed by atoms with E-state index in [4.69, 9.17) is 17.3 Å². The van der Waals surface area contributed by atoms with E-state index in [2.05, 4.69) is 15.4 Å². The zero-order chi connectivity index (χ0) is 13.8. The van der Waals surface area contributed by atoms with E-state index in [0.717, 1.165) is 0 Å². The van der Waals surface area contributed by atoms with Gasteiger partial charge in [-0.2, -0.15) is 5.10 Å². The van der Waals surface area contributed by atoms with Crippen molar-refractivity contribution in [1.29, 1.82) is 0 Å². The molecule has 0 aliphatic rings. The number of anilines is 2. The van der Waals surface area contributed by atoms with Gasteiger partial charge in [-0.05, 0) is 18.2 Å². The second kappa shape index (κ2) is 5.94. The largest absolute Gasteiger partial charge is 0.397 e. The third-order valence-corrected chi connectivity index (χ3v) is 3.66. The number of nitrogen functional groups attached to an aromatic ring is 1. The van der Waals surface area contributed by atoms with Gasteiger partial charge in [0.2, 0.25) is 5.91 Å². The highest BCUT2D eigenvalue weighted by Gasteiger charge is 2.07. The highest BCUT2D eigenvalue weighted by Crippen LogP contribution is 2.22. The van der Waals surface area contributed by atoms with Gasteiger partial charge >= 0.3 is 0 Å². The molecule has 2 rings (SSSR count). The van der Waals surface area contributed by atoms with E-state index in [0.29, 0.717) is 21.6 Å². The number of benzene rings is 1. The lowest BCUT2D eigenvalue weighted by Gasteiger charge is -2.06. The number of carbonyl (C=O) groups is 1. The molecule has 19 heavy (non-hydrogen) atoms. The molecule has 1 amide bonds. The summed E-state index contributed by atoms with van der Waals surface area (Å²) >= 11 is 7.11. The van der Waals surface area contributed by atoms with Crippen LogP contribution in [0.4, 0.5) is 11.4 Å². The summed E-state index contributed by atoms with van der Waals surface area (Å²) in [6, 6.07) is 4.96. The molecule has 1 aromatic carbocycles. The lowest BCUT2D eigenvalue weighted by molar-refractivity contribution is -0.113. The van der Waals surface area contributed by atoms with E-state index in [1.165, 1.54) is 18.1 Å². The van der Waals surface area contributed by atoms with Crippen molar-refractivity contribution in [2.45, 2.75) is 5.16 Å². The number of carbonyl (C=O) groups excluding carboxylic acids is 1. The second-order valence-electron chi connectivity index (χ2n) is 3.74. The number of aromatic nitrogens is 3. The SMILES string of the molecule is Cn1ncnc1SCC(=O)Nc1ccc(Cl)c(N)c1. The first-order valence-electron chi connectivity index (χ1n) is 5.38. The van der Waals surface area contributed by atoms with E-state index in [1.807, 2.05) is 0 Å². The van der Waals surface area contributed by atoms with Gasteiger partial charge in [-0.15, -0.1) is 0 Å². The maximum Gasteiger partial charge on any atom is 0.234 e. The van der Waals surface area contributed by atoms with Crippen molar-refractivity contribution in [3.8, 4) is 0 Å². The molecule has 0 saturated carbocycles. The molecule has 0 radical (unpaired) electrons. The Morgan fingerprint density at radius 1 is 1.58 bits per heavy atom. The normalized spacial score (nSPS) is 10.4. The number of amides is 1. The van der Waals surface area contributed by atoms with Gasteiger partial charge in [-0.1, -0.05) is 23.4 Å². The van der Waals surface area contributed by atoms with Crippen LogP contribution in [0, 0.1) is 0 Å². The molecule has 0 saturated heterocycles. The van der Waals surface area contributed by atoms with Crippen molar-refractivity contribution in [2.75, 3.05) is 16.8 Å². The van der Waals surface area contributed by atoms with Gasteiger partial charge in [0.15, 0.2) is 5.16 Å². The molecular weight excluding hydrogens is 286 g/mol. The van der Waals surface area contributed by atoms with Crippen LogP contribution in [0.15, 0.2) is 29.7 Å². The monoisotopic (exact) mass is 297 g/mol. The van der Waals surface area contributed by atoms with Gasteiger partial charge in [-0.3, -0.25) is 4.79 Å². The van der Waals surface area contributed by atoms with Crippen molar-refractivity contribution in [1.82, 2.24) is 14.8 Å². The van der Waals surface area contributed by atoms with Gasteiger partial charge in [-0.25, -0.2) is 9.67 Å². The van der Waals surface area contributed by atoms with Crippen LogP contribution >= 0.6 is 23.4 Å². The summed E-state index contributed by atoms with van der Waals surface area (Å²) in [6.45, 7) is 0. The van der Waals surface area contributed by atoms with Crippen molar-refractivity contribution in [3.05, 3.63) is 29.5 Å². The number of halogens is 1. The van der Waals surface area contributed by atoms with Crippen LogP contribution in [0.2, 0.25) is 5.02 Å². The van der Waals surface area contributed by atoms with Crippen LogP contribution in [0.3, 0.4) is 0 Å². The van der Waals surface area contributed by atoms with E-state index in [9.17, 15) is 4.79 Å². The van der Waals surface area contributed by atoms with E-state index in [-0.39, 0.29) is 11.7 Å². The highest BCUT2D eigenvalue weighted by molar-refractivity contribution is 7.99. The fourth-order valence-corrected chi connectivity index (χ4v) is 2.17. The Morgan fingerprint density at radius 3 is 3.00 bits per heavy atom. The zero-order valence-electron chi connectivity index (χ0n) is 10.1. The predicted octanol–water partition coefficient (Wildman–Crippen LogP) is 1.78. The number of rotatable bonds is 4. The molecule has 6 nitrogen and oxygen atoms in total. The predicted molar refractivity (Wildman–Crippen MR) is 76.2 cm³/mol. The maximum absolute atomic E-state index is 11.8. The number of hydrogen-bond acceptors (Lipinski definition) is 5. The third kappa shape index (κ3) is 3.62. The standard InChI is InChI=1S/C11H12ClN5OS/c1-17-11(14-6-15-17)19-5-10(18)16-7-2-3-8(12)9(13)4-7/h2-4,6H,5,13H2,1H3,(H,16,18). The van der Waals surface area contributed by atoms with Crippen LogP contribution in [-0.4, -0.2) is 26.4 Å². The maximum atomic E-state index is 11.8. The minimum absolute atomic E-state index is 0.144. The molecule has 0 unspecified atom stereocenters. The molecule has 100 valence electrons. The number of hydrogen-bond donors (Lipinski definition) is 2. The molecule has 1 heterocycles. The van der Waals surface area contributed by atoms with Gasteiger partial charge < -0.3 is 11.1 Å². The molecule has 0 spiro atoms. The number of nitrogens with two attached hydrogens (primary N) is 1. The summed E-state index contributed by atoms with van der Waals surface area (Å²) < 4.78 is 1.61. The Hall–Kier alpha value is -1.73. The molecule has 1 aromatic heterocycles. The van der Waals surface area contributed by atoms with Crippen molar-refractivity contribution in [3.63, 3.8) is 0 Å². The van der Waals surface area contributed by atoms with E-state index < -0.39 is 0 Å². The molecule has 0 bridgehead atoms. The van der Waals surface area contributed by atoms with Crippen LogP contribution < -0.4 is 11.1 Å². The van der Waals surface area contributed by atoms with E-state index >= 15 is 0 Å². The van der Waals surface area contributed by atoms with Crippen LogP contribution in [0.25, 0.3) is 0 Å². The van der Waals surface area contributed by atoms with Crippen molar-refractivity contribution < 1.29 is 4.79 Å². The Morgan fingerprint density at radius 2 is 2.37 bits per heavy atom. The van der Waals surface area contributed by atoms with Crippen molar-refractivity contribution >= 4 is 40.6 Å². The van der Waals surface area contributed by atoms with Gasteiger partial charge in [0.25, 0.3) is 0 Å². The fourth-order valence-electron chi connectivity index (χ4n) is 1.36. The first-order chi connectivity index (χ1) is 9.06. The zero-order valence-corrected chi connectivity index (χ0v) is 11.7. The van der Waals surface area contributed by atoms with Gasteiger partial charge in [0.1, 0.15) is 6.33 Å². The first kappa shape index (κ1) is 13.7. The number of aryl methyl sites for hydroxylation is 1. The van der Waals surface area contributed by atoms with Crippen molar-refractivity contribution in [2.24, 2.45) is 7.05 Å². The quantitative estimate of drug-likeness (QED) is 0.663. The summed E-state index contributed by atoms with van der Waals surface area (Å²) in [5.74, 6) is 0.101. The summed E-state index contributed by atoms with van der Waals surface area (Å²) in [6.07, 6.45) is 1.44. The fraction of sp³-hybridized carbons (Fsp3) is 0.182. The highest BCUT2D eigenvalue weighted by atomic mass is 35.5. The Kier molecular flexibility index (Phi) is 4.28. The molecule has 0 atom stereocenters. The van der Waals surface area contributed by atoms with Crippen LogP contribution in [0.5, 0.6) is 0 Å². The summed E-state index contributed by atoms with van der Waals surface area (Å²) in [4.78, 5) is 15.8. The van der Waals surface area contributed by atoms with Crippen LogP contribution in [-0.2, 0) is 11.8 Å². The number of thioether (sulfide) groups is 1. The summed E-state index contributed by atoms with van der Waals surface area (Å²) in [7, 11) is 1.77. The molecule has 3 N–H and O–H groups in total. The molecular formula is C11H12ClN5OS. The Balaban J connectivity index is 1.91. The molecule has 8 heteroatoms. The average molecular weight is 298 g/mol. The summed E-state index contributed by atoms with van der Waals surface area (Å²) in [5.41, 5.74) is 6.70. The molecule has 0 fully saturated rings. The first-order valence-corrected chi connectivity index (χ1v) is 6.74. The minimum atomic E-state index is -0.144. The Labute approximate surface area is 119 Å². The molecule has 0 aliphatic carbocycles. The molecule has 2 aromatic rings. The number of nitrogens with zero attached hydrogens (tertiary/aromatic N) is 3. The lowest BCUT2D eigenvalue weighted by atomic mass is 10.3. The second-order valence-corrected chi connectivity index (χ2v) is 5.09. The van der Waals surface area contributed by atoms with Gasteiger partial charge in [0.05, 0.1) is 16.5 Å². The topological polar surface area (TPSA) is 85.8 Å². The van der Waals surface area contributed by atoms with Gasteiger partial charge in [0, 0.05) is 12.7 Å². The average Bonchev–Trinajstić information content (AvgIpc) is 2.77. The van der Waals surface area contributed by atoms with E-state index in [1.54, 1.807) is 29.9 Å². The number of nitrogens with one attached hydrogen (secondary N) is 1. The molecule has 0 aliphatic heterocycles. The van der Waals surface area contributed by atoms with Crippen LogP contribution in [0.1, 0.15) is 0 Å². The summed E-state index contributed by atoms with van der Waals surface area (Å²) in [5, 5.41) is 7.81. The third-order valence-electron chi connectivity index (χ3n) is 2.28. The smallest absolute Gasteiger partial charge is 0.234 e. The Bertz CT molecular complexity index is 601. The minimum Gasteiger partial charge on any atom is -0.397 e.